The molecule has 18 heteroatoms. The summed E-state index contributed by atoms with van der Waals surface area (Å²) in [4.78, 5) is 49.6. The molecule has 0 aromatic heterocycles. The first-order chi connectivity index (χ1) is 60.1. The Morgan fingerprint density at radius 1 is 0.328 bits per heavy atom. The minimum Gasteiger partial charge on any atom is -0.459 e. The third-order valence-electron chi connectivity index (χ3n) is 45.5. The maximum absolute atomic E-state index is 12.8. The predicted octanol–water partition coefficient (Wildman–Crippen LogP) is 19.5. The summed E-state index contributed by atoms with van der Waals surface area (Å²) in [5, 5.41) is 43.5. The van der Waals surface area contributed by atoms with Gasteiger partial charge in [0.1, 0.15) is 23.5 Å². The maximum atomic E-state index is 12.8. The summed E-state index contributed by atoms with van der Waals surface area (Å²) in [5.74, 6) is 8.60. The van der Waals surface area contributed by atoms with Crippen LogP contribution in [-0.4, -0.2) is 158 Å². The van der Waals surface area contributed by atoms with Crippen LogP contribution in [-0.2, 0) is 66.5 Å². The molecule has 25 rings (SSSR count). The van der Waals surface area contributed by atoms with Crippen molar-refractivity contribution in [3.05, 3.63) is 36.5 Å². The third-order valence-corrected chi connectivity index (χ3v) is 45.5. The van der Waals surface area contributed by atoms with Crippen molar-refractivity contribution in [1.82, 2.24) is 0 Å². The van der Waals surface area contributed by atoms with Crippen molar-refractivity contribution in [2.75, 3.05) is 0 Å². The zero-order valence-electron chi connectivity index (χ0n) is 82.0. The van der Waals surface area contributed by atoms with Gasteiger partial charge in [0.2, 0.25) is 0 Å². The van der Waals surface area contributed by atoms with Crippen LogP contribution in [0.3, 0.4) is 0 Å². The smallest absolute Gasteiger partial charge is 0.303 e. The molecule has 20 unspecified atom stereocenters. The van der Waals surface area contributed by atoms with Crippen molar-refractivity contribution in [3.8, 4) is 0 Å². The molecule has 0 spiro atoms. The number of aliphatic hydroxyl groups excluding tert-OH is 4. The highest BCUT2D eigenvalue weighted by Crippen LogP contribution is 2.76. The number of carbonyl (C=O) groups excluding carboxylic acids is 4. The lowest BCUT2D eigenvalue weighted by molar-refractivity contribution is -0.253. The first-order valence-electron chi connectivity index (χ1n) is 52.7. The standard InChI is InChI=1S/C23H36O2.C22H32O4.C22H34O3.C22H32O3.C21H32O6/c1-14-9-10-15-18-16(11-13-22(14,15)4)23(5)12-7-6-8-17(23)19-20(18)25-21(2,3)24-19;1-20(2)25-18-15-11-5-6-14(23)21(11,3)9-7-12(15)22(4)10-8-13-17(24-13)16(22)19(18)26-20;2*1-20(2)24-18-15-7-5-6-11-21(15,3)14-10-12-22(4)13(8-9-16(22)23)17(14)19(18)25-20;1-10(22)27-19-13(23)7-9-21(3)12-6-8-20(2)11(4-5-14(20)24)15(12)17(25)18(26)16(19)21/h6,8,14-20H,7,9-13H2,1-5H3;11-13,15-19H,5-10H2,1-4H3;5,7,13-19,23H,6,8-12H2,1-4H3;5,7,13-15,17-19H,6,8-12H2,1-4H3;11-13,15-19,23,25-26H,4-9H2,1-3H3/t14-,15?,16?,17?,18?,19+,20+,22+,23+;11?,12?,13-,15?,16?,17-,18-,19-,21+,22-;13?,14?,15?,16-,17?,18+,19+,21+,22-;13?,14?,15?,17?,18-,19-,21-,22+;11?,12?,13-,15?,16?,17-,18-,19+,20+,21-/m01011/s1. The molecule has 0 bridgehead atoms. The third kappa shape index (κ3) is 13.4. The number of epoxide rings is 1. The number of fused-ring (bicyclic) bond motifs is 39. The van der Waals surface area contributed by atoms with E-state index >= 15 is 0 Å². The molecule has 25 aliphatic rings. The summed E-state index contributed by atoms with van der Waals surface area (Å²) < 4.78 is 64.0. The normalized spacial score (nSPS) is 58.1. The molecule has 5 aliphatic heterocycles. The van der Waals surface area contributed by atoms with Crippen molar-refractivity contribution in [2.24, 2.45) is 178 Å². The van der Waals surface area contributed by atoms with E-state index in [0.29, 0.717) is 142 Å². The topological polar surface area (TPSA) is 245 Å². The average Bonchev–Trinajstić information content (AvgIpc) is 1.52. The quantitative estimate of drug-likeness (QED) is 0.108. The van der Waals surface area contributed by atoms with E-state index < -0.39 is 64.9 Å². The van der Waals surface area contributed by atoms with Gasteiger partial charge in [-0.1, -0.05) is 113 Å². The minimum atomic E-state index is -1.08. The van der Waals surface area contributed by atoms with Crippen molar-refractivity contribution in [1.29, 1.82) is 0 Å². The van der Waals surface area contributed by atoms with E-state index in [-0.39, 0.29) is 105 Å². The fourth-order valence-corrected chi connectivity index (χ4v) is 39.0. The van der Waals surface area contributed by atoms with Crippen molar-refractivity contribution < 1.29 is 87.0 Å². The van der Waals surface area contributed by atoms with E-state index in [2.05, 4.69) is 161 Å². The van der Waals surface area contributed by atoms with Crippen LogP contribution >= 0.6 is 0 Å². The molecular weight excluding hydrogens is 1610 g/mol. The molecule has 18 nitrogen and oxygen atoms in total. The van der Waals surface area contributed by atoms with Gasteiger partial charge in [0.25, 0.3) is 0 Å². The number of ketones is 3. The number of allylic oxidation sites excluding steroid dienone is 3. The van der Waals surface area contributed by atoms with Gasteiger partial charge < -0.3 is 67.8 Å². The molecule has 22 fully saturated rings. The molecule has 714 valence electrons. The number of carbonyl (C=O) groups is 4. The molecule has 5 heterocycles. The van der Waals surface area contributed by atoms with Crippen molar-refractivity contribution in [3.63, 3.8) is 0 Å². The first kappa shape index (κ1) is 91.6. The number of hydrogen-bond acceptors (Lipinski definition) is 18. The Hall–Kier alpha value is -2.82. The zero-order valence-corrected chi connectivity index (χ0v) is 82.0. The van der Waals surface area contributed by atoms with Crippen molar-refractivity contribution >= 4 is 23.3 Å². The van der Waals surface area contributed by atoms with E-state index in [4.69, 9.17) is 47.4 Å². The molecule has 5 saturated heterocycles. The van der Waals surface area contributed by atoms with Gasteiger partial charge in [-0.2, -0.15) is 0 Å². The SMILES string of the molecule is CC(=O)O[C@@H]1C2[C@@H](O)[C@H](O)C3C(CC[C@]4(C)C(=O)CCC34)[C@@]2(C)CC[C@H]1O.CC1(C)O[C@@H]2C3C(CC[C@@]4(C)C3CC[C@@H]4O)[C@@]3(C)CCC=CC3[C@H]2O1.CC1(C)O[C@@H]2C3C(CC[C@]4(C)C(=O)CCC34)[C@@]3(C)CCC=CC3[C@H]2O1.CC1(C)O[C@@H]2C3C(CC[C@]4(C)C(=O)CCC34)[C@@]3(C)CC[C@H]4O[C@H]4C3[C@H]2O1.C[C@H]1CCC2C3C(CC[C@@]21C)[C@@]1(C)CCC=CC1[C@H]1OC(C)(C)O[C@H]31. The average molecular weight is 1780 g/mol. The second-order valence-electron chi connectivity index (χ2n) is 52.5. The molecular formula is C110H166O18. The molecule has 17 saturated carbocycles. The van der Waals surface area contributed by atoms with Crippen LogP contribution in [0.2, 0.25) is 0 Å². The van der Waals surface area contributed by atoms with Gasteiger partial charge in [0.15, 0.2) is 23.1 Å². The Morgan fingerprint density at radius 2 is 0.664 bits per heavy atom. The predicted molar refractivity (Wildman–Crippen MR) is 485 cm³/mol. The largest absolute Gasteiger partial charge is 0.459 e. The molecule has 0 amide bonds. The number of rotatable bonds is 1. The van der Waals surface area contributed by atoms with Crippen LogP contribution in [0.5, 0.6) is 0 Å². The fraction of sp³-hybridized carbons (Fsp3) is 0.909. The van der Waals surface area contributed by atoms with Gasteiger partial charge >= 0.3 is 5.97 Å². The molecule has 46 atom stereocenters. The van der Waals surface area contributed by atoms with Crippen LogP contribution in [0.15, 0.2) is 36.5 Å². The summed E-state index contributed by atoms with van der Waals surface area (Å²) in [6.07, 6.45) is 45.4. The first-order valence-corrected chi connectivity index (χ1v) is 52.7. The summed E-state index contributed by atoms with van der Waals surface area (Å²) >= 11 is 0. The van der Waals surface area contributed by atoms with Crippen LogP contribution in [0.4, 0.5) is 0 Å². The number of Topliss-reactive ketones (excluding diaryl/α,β-unsaturated/α-hetero) is 3. The highest BCUT2D eigenvalue weighted by Gasteiger charge is 2.77. The van der Waals surface area contributed by atoms with E-state index in [1.807, 2.05) is 6.92 Å². The number of aliphatic hydroxyl groups is 4. The zero-order chi connectivity index (χ0) is 90.6. The summed E-state index contributed by atoms with van der Waals surface area (Å²) in [6.45, 7) is 44.2. The van der Waals surface area contributed by atoms with Gasteiger partial charge in [0.05, 0.1) is 85.5 Å². The lowest BCUT2D eigenvalue weighted by atomic mass is 9.43. The van der Waals surface area contributed by atoms with Gasteiger partial charge in [-0.25, -0.2) is 0 Å². The molecule has 20 aliphatic carbocycles. The summed E-state index contributed by atoms with van der Waals surface area (Å²) in [5.41, 5.74) is 0.900. The molecule has 0 radical (unpaired) electrons. The highest BCUT2D eigenvalue weighted by atomic mass is 16.8. The van der Waals surface area contributed by atoms with Crippen LogP contribution < -0.4 is 0 Å². The second kappa shape index (κ2) is 30.8. The summed E-state index contributed by atoms with van der Waals surface area (Å²) in [7, 11) is 0. The molecule has 4 N–H and O–H groups in total. The maximum Gasteiger partial charge on any atom is 0.303 e. The molecule has 128 heavy (non-hydrogen) atoms. The van der Waals surface area contributed by atoms with Gasteiger partial charge in [-0.05, 0) is 361 Å². The van der Waals surface area contributed by atoms with E-state index in [0.717, 1.165) is 94.8 Å². The molecule has 0 aromatic carbocycles. The van der Waals surface area contributed by atoms with Crippen LogP contribution in [0.1, 0.15) is 331 Å². The minimum absolute atomic E-state index is 0.0789. The van der Waals surface area contributed by atoms with Gasteiger partial charge in [-0.15, -0.1) is 0 Å². The Kier molecular flexibility index (Phi) is 22.1. The number of hydrogen-bond donors (Lipinski definition) is 4. The van der Waals surface area contributed by atoms with Gasteiger partial charge in [0, 0.05) is 72.0 Å². The van der Waals surface area contributed by atoms with E-state index in [1.54, 1.807) is 0 Å². The summed E-state index contributed by atoms with van der Waals surface area (Å²) in [6, 6.07) is 0. The Labute approximate surface area is 766 Å². The Balaban J connectivity index is 0.0000000973. The van der Waals surface area contributed by atoms with Gasteiger partial charge in [-0.3, -0.25) is 19.2 Å². The van der Waals surface area contributed by atoms with Crippen LogP contribution in [0.25, 0.3) is 0 Å². The van der Waals surface area contributed by atoms with Crippen LogP contribution in [0, 0.1) is 178 Å². The number of esters is 1. The Bertz CT molecular complexity index is 4310. The van der Waals surface area contributed by atoms with E-state index in [1.165, 1.54) is 110 Å². The highest BCUT2D eigenvalue weighted by molar-refractivity contribution is 5.88. The molecule has 0 aromatic rings. The second-order valence-corrected chi connectivity index (χ2v) is 52.5. The van der Waals surface area contributed by atoms with Crippen molar-refractivity contribution in [2.45, 2.75) is 446 Å². The Morgan fingerprint density at radius 3 is 1.11 bits per heavy atom. The van der Waals surface area contributed by atoms with E-state index in [9.17, 15) is 39.6 Å². The fourth-order valence-electron chi connectivity index (χ4n) is 39.0. The lowest BCUT2D eigenvalue weighted by Crippen LogP contribution is -2.68. The number of ether oxygens (including phenoxy) is 10. The monoisotopic (exact) mass is 1780 g/mol. The lowest BCUT2D eigenvalue weighted by Gasteiger charge is -2.63.